The van der Waals surface area contributed by atoms with Crippen molar-refractivity contribution in [3.8, 4) is 11.5 Å². The van der Waals surface area contributed by atoms with Crippen molar-refractivity contribution in [1.82, 2.24) is 0 Å². The smallest absolute Gasteiger partial charge is 0.185 e. The summed E-state index contributed by atoms with van der Waals surface area (Å²) in [4.78, 5) is 12.6. The SMILES string of the molecule is C=CCc1ccc(OCC)c(/C=C/C(=O)c2ccc(NC)cc2)c1OCC. The highest BCUT2D eigenvalue weighted by atomic mass is 16.5. The summed E-state index contributed by atoms with van der Waals surface area (Å²) in [6.07, 6.45) is 5.85. The Morgan fingerprint density at radius 1 is 1.07 bits per heavy atom. The van der Waals surface area contributed by atoms with Gasteiger partial charge in [-0.15, -0.1) is 6.58 Å². The van der Waals surface area contributed by atoms with Gasteiger partial charge in [0.15, 0.2) is 5.78 Å². The molecule has 4 heteroatoms. The predicted octanol–water partition coefficient (Wildman–Crippen LogP) is 5.15. The molecule has 0 saturated heterocycles. The number of hydrogen-bond donors (Lipinski definition) is 1. The summed E-state index contributed by atoms with van der Waals surface area (Å²) < 4.78 is 11.6. The van der Waals surface area contributed by atoms with Crippen LogP contribution in [0.15, 0.2) is 55.1 Å². The Kier molecular flexibility index (Phi) is 7.68. The lowest BCUT2D eigenvalue weighted by Gasteiger charge is -2.16. The van der Waals surface area contributed by atoms with Crippen molar-refractivity contribution in [2.75, 3.05) is 25.6 Å². The molecular formula is C23H27NO3. The van der Waals surface area contributed by atoms with E-state index in [1.54, 1.807) is 24.3 Å². The first-order valence-electron chi connectivity index (χ1n) is 9.17. The van der Waals surface area contributed by atoms with Gasteiger partial charge >= 0.3 is 0 Å². The van der Waals surface area contributed by atoms with Crippen molar-refractivity contribution in [2.45, 2.75) is 20.3 Å². The maximum Gasteiger partial charge on any atom is 0.185 e. The van der Waals surface area contributed by atoms with Crippen molar-refractivity contribution >= 4 is 17.5 Å². The molecule has 0 aromatic heterocycles. The molecule has 2 aromatic carbocycles. The zero-order chi connectivity index (χ0) is 19.6. The zero-order valence-corrected chi connectivity index (χ0v) is 16.2. The van der Waals surface area contributed by atoms with Crippen LogP contribution in [0.25, 0.3) is 6.08 Å². The third-order valence-corrected chi connectivity index (χ3v) is 4.05. The van der Waals surface area contributed by atoms with Crippen LogP contribution in [0, 0.1) is 0 Å². The Morgan fingerprint density at radius 2 is 1.78 bits per heavy atom. The van der Waals surface area contributed by atoms with Crippen LogP contribution in [0.1, 0.15) is 35.3 Å². The minimum atomic E-state index is -0.0725. The average molecular weight is 365 g/mol. The van der Waals surface area contributed by atoms with Crippen LogP contribution < -0.4 is 14.8 Å². The third-order valence-electron chi connectivity index (χ3n) is 4.05. The van der Waals surface area contributed by atoms with Gasteiger partial charge < -0.3 is 14.8 Å². The predicted molar refractivity (Wildman–Crippen MR) is 112 cm³/mol. The number of hydrogen-bond acceptors (Lipinski definition) is 4. The third kappa shape index (κ3) is 5.23. The van der Waals surface area contributed by atoms with E-state index in [2.05, 4.69) is 11.9 Å². The number of rotatable bonds is 10. The van der Waals surface area contributed by atoms with Gasteiger partial charge in [0.1, 0.15) is 11.5 Å². The molecule has 0 spiro atoms. The van der Waals surface area contributed by atoms with E-state index < -0.39 is 0 Å². The number of anilines is 1. The highest BCUT2D eigenvalue weighted by molar-refractivity contribution is 6.07. The van der Waals surface area contributed by atoms with Gasteiger partial charge in [0.05, 0.1) is 18.8 Å². The molecule has 4 nitrogen and oxygen atoms in total. The lowest BCUT2D eigenvalue weighted by Crippen LogP contribution is -2.03. The highest BCUT2D eigenvalue weighted by Crippen LogP contribution is 2.34. The van der Waals surface area contributed by atoms with E-state index >= 15 is 0 Å². The summed E-state index contributed by atoms with van der Waals surface area (Å²) in [5, 5.41) is 3.04. The van der Waals surface area contributed by atoms with Crippen molar-refractivity contribution in [2.24, 2.45) is 0 Å². The average Bonchev–Trinajstić information content (AvgIpc) is 2.69. The van der Waals surface area contributed by atoms with Crippen LogP contribution >= 0.6 is 0 Å². The minimum Gasteiger partial charge on any atom is -0.493 e. The van der Waals surface area contributed by atoms with Crippen LogP contribution in [-0.4, -0.2) is 26.0 Å². The van der Waals surface area contributed by atoms with E-state index in [0.29, 0.717) is 30.9 Å². The molecule has 0 aliphatic carbocycles. The van der Waals surface area contributed by atoms with Gasteiger partial charge in [0.2, 0.25) is 0 Å². The molecule has 1 N–H and O–H groups in total. The summed E-state index contributed by atoms with van der Waals surface area (Å²) in [6.45, 7) is 8.74. The van der Waals surface area contributed by atoms with E-state index in [-0.39, 0.29) is 5.78 Å². The van der Waals surface area contributed by atoms with Gasteiger partial charge in [-0.1, -0.05) is 12.1 Å². The van der Waals surface area contributed by atoms with Crippen molar-refractivity contribution in [3.63, 3.8) is 0 Å². The Balaban J connectivity index is 2.40. The molecule has 0 saturated carbocycles. The van der Waals surface area contributed by atoms with Crippen LogP contribution in [-0.2, 0) is 6.42 Å². The van der Waals surface area contributed by atoms with Gasteiger partial charge in [-0.25, -0.2) is 0 Å². The summed E-state index contributed by atoms with van der Waals surface area (Å²) in [6, 6.07) is 11.3. The summed E-state index contributed by atoms with van der Waals surface area (Å²) >= 11 is 0. The molecule has 2 aromatic rings. The molecule has 0 fully saturated rings. The number of ketones is 1. The first-order valence-corrected chi connectivity index (χ1v) is 9.17. The van der Waals surface area contributed by atoms with Crippen LogP contribution in [0.4, 0.5) is 5.69 Å². The highest BCUT2D eigenvalue weighted by Gasteiger charge is 2.14. The van der Waals surface area contributed by atoms with Crippen molar-refractivity contribution in [1.29, 1.82) is 0 Å². The van der Waals surface area contributed by atoms with Crippen LogP contribution in [0.2, 0.25) is 0 Å². The summed E-state index contributed by atoms with van der Waals surface area (Å²) in [5.41, 5.74) is 3.38. The van der Waals surface area contributed by atoms with Crippen molar-refractivity contribution < 1.29 is 14.3 Å². The molecule has 0 atom stereocenters. The maximum atomic E-state index is 12.6. The van der Waals surface area contributed by atoms with E-state index in [1.165, 1.54) is 0 Å². The molecule has 142 valence electrons. The minimum absolute atomic E-state index is 0.0725. The van der Waals surface area contributed by atoms with Gasteiger partial charge in [-0.05, 0) is 68.3 Å². The molecule has 0 bridgehead atoms. The fourth-order valence-corrected chi connectivity index (χ4v) is 2.75. The second-order valence-corrected chi connectivity index (χ2v) is 5.85. The van der Waals surface area contributed by atoms with E-state index in [9.17, 15) is 4.79 Å². The monoisotopic (exact) mass is 365 g/mol. The first kappa shape index (κ1) is 20.3. The number of allylic oxidation sites excluding steroid dienone is 2. The zero-order valence-electron chi connectivity index (χ0n) is 16.2. The second-order valence-electron chi connectivity index (χ2n) is 5.85. The lowest BCUT2D eigenvalue weighted by atomic mass is 10.0. The summed E-state index contributed by atoms with van der Waals surface area (Å²) in [5.74, 6) is 1.36. The molecule has 2 rings (SSSR count). The van der Waals surface area contributed by atoms with Crippen LogP contribution in [0.3, 0.4) is 0 Å². The van der Waals surface area contributed by atoms with Crippen LogP contribution in [0.5, 0.6) is 11.5 Å². The molecule has 27 heavy (non-hydrogen) atoms. The fourth-order valence-electron chi connectivity index (χ4n) is 2.75. The Labute approximate surface area is 161 Å². The maximum absolute atomic E-state index is 12.6. The lowest BCUT2D eigenvalue weighted by molar-refractivity contribution is 0.104. The molecule has 0 radical (unpaired) electrons. The van der Waals surface area contributed by atoms with E-state index in [4.69, 9.17) is 9.47 Å². The molecular weight excluding hydrogens is 338 g/mol. The second kappa shape index (κ2) is 10.2. The number of benzene rings is 2. The Morgan fingerprint density at radius 3 is 2.37 bits per heavy atom. The molecule has 0 unspecified atom stereocenters. The Hall–Kier alpha value is -3.01. The van der Waals surface area contributed by atoms with Gasteiger partial charge in [0, 0.05) is 18.3 Å². The molecule has 0 aliphatic heterocycles. The quantitative estimate of drug-likeness (QED) is 0.359. The standard InChI is InChI=1S/C23H27NO3/c1-5-8-18-11-16-22(26-6-2)20(23(18)27-7-3)14-15-21(25)17-9-12-19(24-4)13-10-17/h5,9-16,24H,1,6-8H2,2-4H3/b15-14+. The molecule has 0 aliphatic rings. The normalized spacial score (nSPS) is 10.6. The Bertz CT molecular complexity index is 807. The number of carbonyl (C=O) groups excluding carboxylic acids is 1. The number of ether oxygens (including phenoxy) is 2. The summed E-state index contributed by atoms with van der Waals surface area (Å²) in [7, 11) is 1.84. The largest absolute Gasteiger partial charge is 0.493 e. The molecule has 0 heterocycles. The molecule has 0 amide bonds. The first-order chi connectivity index (χ1) is 13.1. The van der Waals surface area contributed by atoms with E-state index in [0.717, 1.165) is 22.6 Å². The topological polar surface area (TPSA) is 47.6 Å². The van der Waals surface area contributed by atoms with Gasteiger partial charge in [-0.2, -0.15) is 0 Å². The van der Waals surface area contributed by atoms with Gasteiger partial charge in [0.25, 0.3) is 0 Å². The van der Waals surface area contributed by atoms with Crippen molar-refractivity contribution in [3.05, 3.63) is 71.8 Å². The number of carbonyl (C=O) groups is 1. The van der Waals surface area contributed by atoms with E-state index in [1.807, 2.05) is 51.2 Å². The number of nitrogens with one attached hydrogen (secondary N) is 1. The van der Waals surface area contributed by atoms with Gasteiger partial charge in [-0.3, -0.25) is 4.79 Å². The fraction of sp³-hybridized carbons (Fsp3) is 0.261.